The number of nitrogens with zero attached hydrogens (tertiary/aromatic N) is 1. The van der Waals surface area contributed by atoms with Crippen molar-refractivity contribution in [2.24, 2.45) is 0 Å². The summed E-state index contributed by atoms with van der Waals surface area (Å²) in [6.45, 7) is 0. The number of hydrogen-bond donors (Lipinski definition) is 1. The van der Waals surface area contributed by atoms with Crippen molar-refractivity contribution < 1.29 is 0 Å². The molecule has 5 heteroatoms. The van der Waals surface area contributed by atoms with Gasteiger partial charge in [0, 0.05) is 15.1 Å². The van der Waals surface area contributed by atoms with Gasteiger partial charge in [0.2, 0.25) is 0 Å². The summed E-state index contributed by atoms with van der Waals surface area (Å²) in [5.74, 6) is 0. The van der Waals surface area contributed by atoms with Gasteiger partial charge in [-0.2, -0.15) is 12.6 Å². The highest BCUT2D eigenvalue weighted by atomic mass is 79.9. The van der Waals surface area contributed by atoms with Crippen molar-refractivity contribution in [1.29, 1.82) is 0 Å². The Balaban J connectivity index is 2.17. The molecule has 0 aliphatic heterocycles. The Morgan fingerprint density at radius 1 is 1.16 bits per heavy atom. The molecule has 2 aromatic rings. The van der Waals surface area contributed by atoms with Crippen molar-refractivity contribution in [2.45, 2.75) is 18.1 Å². The SMILES string of the molecule is SC1c2cc(Br)c(Cl)cc2CCc2cc(Br)cnc21. The third kappa shape index (κ3) is 2.60. The maximum atomic E-state index is 6.19. The van der Waals surface area contributed by atoms with Gasteiger partial charge in [-0.25, -0.2) is 0 Å². The molecule has 1 aromatic heterocycles. The average Bonchev–Trinajstić information content (AvgIpc) is 2.50. The smallest absolute Gasteiger partial charge is 0.0694 e. The van der Waals surface area contributed by atoms with E-state index in [0.29, 0.717) is 0 Å². The van der Waals surface area contributed by atoms with Gasteiger partial charge in [0.25, 0.3) is 0 Å². The van der Waals surface area contributed by atoms with Crippen LogP contribution in [0, 0.1) is 0 Å². The van der Waals surface area contributed by atoms with E-state index in [1.54, 1.807) is 0 Å². The first-order valence-electron chi connectivity index (χ1n) is 5.86. The van der Waals surface area contributed by atoms with Crippen molar-refractivity contribution in [3.63, 3.8) is 0 Å². The number of hydrogen-bond acceptors (Lipinski definition) is 2. The van der Waals surface area contributed by atoms with Crippen LogP contribution in [0.2, 0.25) is 5.02 Å². The Hall–Kier alpha value is -0.0300. The van der Waals surface area contributed by atoms with E-state index in [4.69, 9.17) is 24.2 Å². The van der Waals surface area contributed by atoms with Crippen LogP contribution in [0.4, 0.5) is 0 Å². The van der Waals surface area contributed by atoms with E-state index in [1.165, 1.54) is 16.7 Å². The minimum atomic E-state index is -0.00540. The lowest BCUT2D eigenvalue weighted by molar-refractivity contribution is 0.948. The molecular formula is C14H10Br2ClNS. The number of benzene rings is 1. The third-order valence-corrected chi connectivity index (χ3v) is 5.52. The lowest BCUT2D eigenvalue weighted by Gasteiger charge is -2.14. The van der Waals surface area contributed by atoms with E-state index in [9.17, 15) is 0 Å². The summed E-state index contributed by atoms with van der Waals surface area (Å²) in [5.41, 5.74) is 4.73. The van der Waals surface area contributed by atoms with Gasteiger partial charge in [-0.3, -0.25) is 4.98 Å². The Labute approximate surface area is 139 Å². The zero-order valence-corrected chi connectivity index (χ0v) is 14.7. The van der Waals surface area contributed by atoms with Crippen LogP contribution in [-0.4, -0.2) is 4.98 Å². The quantitative estimate of drug-likeness (QED) is 0.566. The zero-order valence-electron chi connectivity index (χ0n) is 9.83. The molecular weight excluding hydrogens is 409 g/mol. The number of fused-ring (bicyclic) bond motifs is 2. The fourth-order valence-electron chi connectivity index (χ4n) is 2.43. The molecule has 0 bridgehead atoms. The van der Waals surface area contributed by atoms with Crippen molar-refractivity contribution in [2.75, 3.05) is 0 Å². The molecule has 1 aliphatic carbocycles. The molecule has 0 saturated heterocycles. The van der Waals surface area contributed by atoms with E-state index < -0.39 is 0 Å². The Morgan fingerprint density at radius 2 is 1.89 bits per heavy atom. The summed E-state index contributed by atoms with van der Waals surface area (Å²) in [6.07, 6.45) is 3.76. The molecule has 1 atom stereocenters. The summed E-state index contributed by atoms with van der Waals surface area (Å²) in [5, 5.41) is 0.744. The van der Waals surface area contributed by atoms with Crippen molar-refractivity contribution in [3.05, 3.63) is 60.7 Å². The molecule has 0 spiro atoms. The topological polar surface area (TPSA) is 12.9 Å². The number of halogens is 3. The summed E-state index contributed by atoms with van der Waals surface area (Å²) in [7, 11) is 0. The highest BCUT2D eigenvalue weighted by Crippen LogP contribution is 2.39. The molecule has 0 N–H and O–H groups in total. The Morgan fingerprint density at radius 3 is 2.68 bits per heavy atom. The number of pyridine rings is 1. The number of aromatic nitrogens is 1. The second kappa shape index (κ2) is 5.40. The number of aryl methyl sites for hydroxylation is 2. The second-order valence-corrected chi connectivity index (χ2v) is 7.26. The molecule has 1 aromatic carbocycles. The minimum Gasteiger partial charge on any atom is -0.258 e. The fraction of sp³-hybridized carbons (Fsp3) is 0.214. The van der Waals surface area contributed by atoms with Crippen molar-refractivity contribution >= 4 is 56.1 Å². The number of rotatable bonds is 0. The summed E-state index contributed by atoms with van der Waals surface area (Å²) >= 11 is 17.9. The van der Waals surface area contributed by atoms with E-state index >= 15 is 0 Å². The van der Waals surface area contributed by atoms with Gasteiger partial charge in [0.1, 0.15) is 0 Å². The van der Waals surface area contributed by atoms with Crippen LogP contribution in [0.3, 0.4) is 0 Å². The molecule has 1 unspecified atom stereocenters. The summed E-state index contributed by atoms with van der Waals surface area (Å²) in [4.78, 5) is 4.54. The van der Waals surface area contributed by atoms with E-state index in [1.807, 2.05) is 12.3 Å². The van der Waals surface area contributed by atoms with Gasteiger partial charge in [0.05, 0.1) is 16.0 Å². The van der Waals surface area contributed by atoms with Gasteiger partial charge >= 0.3 is 0 Å². The average molecular weight is 420 g/mol. The largest absolute Gasteiger partial charge is 0.258 e. The standard InChI is InChI=1S/C14H10Br2ClNS/c15-9-3-8-2-1-7-4-12(17)11(16)5-10(7)14(19)13(8)18-6-9/h3-6,14,19H,1-2H2. The lowest BCUT2D eigenvalue weighted by atomic mass is 10.0. The van der Waals surface area contributed by atoms with E-state index in [-0.39, 0.29) is 5.25 Å². The van der Waals surface area contributed by atoms with Crippen LogP contribution >= 0.6 is 56.1 Å². The Bertz CT molecular complexity index is 660. The highest BCUT2D eigenvalue weighted by Gasteiger charge is 2.23. The maximum absolute atomic E-state index is 6.19. The highest BCUT2D eigenvalue weighted by molar-refractivity contribution is 9.10. The van der Waals surface area contributed by atoms with Crippen LogP contribution in [0.15, 0.2) is 33.3 Å². The van der Waals surface area contributed by atoms with Crippen molar-refractivity contribution in [3.8, 4) is 0 Å². The third-order valence-electron chi connectivity index (χ3n) is 3.37. The van der Waals surface area contributed by atoms with Gasteiger partial charge in [-0.1, -0.05) is 11.6 Å². The van der Waals surface area contributed by atoms with Crippen molar-refractivity contribution in [1.82, 2.24) is 4.98 Å². The van der Waals surface area contributed by atoms with Crippen LogP contribution in [0.25, 0.3) is 0 Å². The molecule has 98 valence electrons. The zero-order chi connectivity index (χ0) is 13.6. The fourth-order valence-corrected chi connectivity index (χ4v) is 3.83. The molecule has 0 saturated carbocycles. The predicted molar refractivity (Wildman–Crippen MR) is 89.3 cm³/mol. The van der Waals surface area contributed by atoms with Gasteiger partial charge in [-0.05, 0) is 79.6 Å². The molecule has 19 heavy (non-hydrogen) atoms. The van der Waals surface area contributed by atoms with Crippen LogP contribution in [-0.2, 0) is 12.8 Å². The van der Waals surface area contributed by atoms with Gasteiger partial charge in [0.15, 0.2) is 0 Å². The first kappa shape index (κ1) is 13.9. The molecule has 1 nitrogen and oxygen atoms in total. The summed E-state index contributed by atoms with van der Waals surface area (Å²) in [6, 6.07) is 6.23. The predicted octanol–water partition coefficient (Wildman–Crippen LogP) is 5.38. The molecule has 1 heterocycles. The maximum Gasteiger partial charge on any atom is 0.0694 e. The molecule has 1 aliphatic rings. The van der Waals surface area contributed by atoms with E-state index in [2.05, 4.69) is 49.0 Å². The van der Waals surface area contributed by atoms with Crippen LogP contribution < -0.4 is 0 Å². The Kier molecular flexibility index (Phi) is 3.96. The van der Waals surface area contributed by atoms with Crippen LogP contribution in [0.5, 0.6) is 0 Å². The molecule has 0 amide bonds. The monoisotopic (exact) mass is 417 g/mol. The first-order valence-corrected chi connectivity index (χ1v) is 8.34. The van der Waals surface area contributed by atoms with Gasteiger partial charge < -0.3 is 0 Å². The second-order valence-electron chi connectivity index (χ2n) is 4.57. The molecule has 0 fully saturated rings. The lowest BCUT2D eigenvalue weighted by Crippen LogP contribution is -2.00. The van der Waals surface area contributed by atoms with E-state index in [0.717, 1.165) is 32.5 Å². The van der Waals surface area contributed by atoms with Crippen LogP contribution in [0.1, 0.15) is 27.6 Å². The van der Waals surface area contributed by atoms with Gasteiger partial charge in [-0.15, -0.1) is 0 Å². The molecule has 0 radical (unpaired) electrons. The number of thiol groups is 1. The molecule has 3 rings (SSSR count). The summed E-state index contributed by atoms with van der Waals surface area (Å²) < 4.78 is 1.92. The minimum absolute atomic E-state index is 0.00540. The first-order chi connectivity index (χ1) is 9.06. The normalized spacial score (nSPS) is 17.6.